The van der Waals surface area contributed by atoms with Gasteiger partial charge in [0.05, 0.1) is 17.1 Å². The van der Waals surface area contributed by atoms with Crippen molar-refractivity contribution in [1.82, 2.24) is 25.2 Å². The summed E-state index contributed by atoms with van der Waals surface area (Å²) >= 11 is 0. The number of nitrogens with zero attached hydrogens (tertiary/aromatic N) is 4. The Hall–Kier alpha value is -2.54. The number of nitrogens with one attached hydrogen (secondary N) is 2. The molecule has 0 bridgehead atoms. The van der Waals surface area contributed by atoms with Gasteiger partial charge in [0.15, 0.2) is 0 Å². The molecule has 1 atom stereocenters. The van der Waals surface area contributed by atoms with Crippen LogP contribution in [-0.2, 0) is 18.6 Å². The lowest BCUT2D eigenvalue weighted by molar-refractivity contribution is -0.952. The molecule has 4 rings (SSSR count). The molecule has 2 heterocycles. The van der Waals surface area contributed by atoms with E-state index >= 15 is 0 Å². The summed E-state index contributed by atoms with van der Waals surface area (Å²) in [6, 6.07) is 8.75. The molecule has 3 aromatic rings. The standard InChI is InChI=1S/C23H32N6O/c1-5-23(3,4)29-21(25-26-27-29)15-28(19-8-6-7-9-19)14-18-13-17-12-16(2)10-11-20(17)24-22(18)30/h10-13,19H,5-9,14-15H2,1-4H3,(H,24,30)/p+1. The van der Waals surface area contributed by atoms with E-state index in [4.69, 9.17) is 0 Å². The normalized spacial score (nSPS) is 16.4. The van der Waals surface area contributed by atoms with Crippen LogP contribution in [0.3, 0.4) is 0 Å². The molecule has 7 nitrogen and oxygen atoms in total. The van der Waals surface area contributed by atoms with Crippen LogP contribution in [0.25, 0.3) is 10.9 Å². The molecule has 1 aliphatic rings. The third kappa shape index (κ3) is 4.17. The van der Waals surface area contributed by atoms with Gasteiger partial charge in [0, 0.05) is 5.52 Å². The lowest BCUT2D eigenvalue weighted by Crippen LogP contribution is -3.13. The van der Waals surface area contributed by atoms with Crippen molar-refractivity contribution in [3.8, 4) is 0 Å². The first-order valence-electron chi connectivity index (χ1n) is 11.1. The van der Waals surface area contributed by atoms with Crippen molar-refractivity contribution in [2.75, 3.05) is 0 Å². The molecular formula is C23H33N6O+. The molecule has 2 aromatic heterocycles. The van der Waals surface area contributed by atoms with Crippen LogP contribution in [0, 0.1) is 6.92 Å². The third-order valence-electron chi connectivity index (χ3n) is 6.78. The van der Waals surface area contributed by atoms with E-state index in [1.165, 1.54) is 36.1 Å². The first-order valence-corrected chi connectivity index (χ1v) is 11.1. The smallest absolute Gasteiger partial charge is 0.257 e. The molecular weight excluding hydrogens is 376 g/mol. The maximum absolute atomic E-state index is 12.8. The Morgan fingerprint density at radius 2 is 1.97 bits per heavy atom. The van der Waals surface area contributed by atoms with E-state index in [9.17, 15) is 4.79 Å². The fourth-order valence-corrected chi connectivity index (χ4v) is 4.57. The SMILES string of the molecule is CCC(C)(C)n1nnnc1C[NH+](Cc1cc2cc(C)ccc2[nH]c1=O)C1CCCC1. The van der Waals surface area contributed by atoms with Gasteiger partial charge in [-0.2, -0.15) is 0 Å². The molecule has 1 aromatic carbocycles. The Kier molecular flexibility index (Phi) is 5.73. The van der Waals surface area contributed by atoms with Gasteiger partial charge in [-0.1, -0.05) is 18.6 Å². The van der Waals surface area contributed by atoms with E-state index in [0.717, 1.165) is 35.3 Å². The average Bonchev–Trinajstić information content (AvgIpc) is 3.40. The van der Waals surface area contributed by atoms with Crippen molar-refractivity contribution in [2.45, 2.75) is 84.5 Å². The molecule has 2 N–H and O–H groups in total. The first-order chi connectivity index (χ1) is 14.4. The van der Waals surface area contributed by atoms with Gasteiger partial charge in [-0.3, -0.25) is 4.79 Å². The van der Waals surface area contributed by atoms with Crippen molar-refractivity contribution in [1.29, 1.82) is 0 Å². The van der Waals surface area contributed by atoms with Crippen LogP contribution in [0.15, 0.2) is 29.1 Å². The van der Waals surface area contributed by atoms with E-state index < -0.39 is 0 Å². The molecule has 0 amide bonds. The molecule has 1 aliphatic carbocycles. The predicted octanol–water partition coefficient (Wildman–Crippen LogP) is 2.50. The zero-order valence-electron chi connectivity index (χ0n) is 18.5. The summed E-state index contributed by atoms with van der Waals surface area (Å²) in [5.41, 5.74) is 2.81. The van der Waals surface area contributed by atoms with Crippen LogP contribution in [0.5, 0.6) is 0 Å². The highest BCUT2D eigenvalue weighted by Gasteiger charge is 2.31. The fraction of sp³-hybridized carbons (Fsp3) is 0.565. The summed E-state index contributed by atoms with van der Waals surface area (Å²) in [4.78, 5) is 17.3. The Morgan fingerprint density at radius 1 is 1.20 bits per heavy atom. The largest absolute Gasteiger partial charge is 0.322 e. The van der Waals surface area contributed by atoms with Crippen molar-refractivity contribution in [2.24, 2.45) is 0 Å². The maximum atomic E-state index is 12.8. The average molecular weight is 410 g/mol. The number of fused-ring (bicyclic) bond motifs is 1. The number of quaternary nitrogens is 1. The molecule has 1 unspecified atom stereocenters. The monoisotopic (exact) mass is 409 g/mol. The molecule has 0 spiro atoms. The van der Waals surface area contributed by atoms with Gasteiger partial charge >= 0.3 is 0 Å². The van der Waals surface area contributed by atoms with Crippen molar-refractivity contribution >= 4 is 10.9 Å². The first kappa shape index (κ1) is 20.7. The topological polar surface area (TPSA) is 80.9 Å². The Morgan fingerprint density at radius 3 is 2.70 bits per heavy atom. The van der Waals surface area contributed by atoms with Crippen LogP contribution < -0.4 is 10.5 Å². The quantitative estimate of drug-likeness (QED) is 0.628. The minimum atomic E-state index is -0.127. The van der Waals surface area contributed by atoms with Crippen molar-refractivity contribution < 1.29 is 4.90 Å². The number of benzene rings is 1. The molecule has 160 valence electrons. The summed E-state index contributed by atoms with van der Waals surface area (Å²) < 4.78 is 1.97. The summed E-state index contributed by atoms with van der Waals surface area (Å²) in [5, 5.41) is 13.7. The molecule has 7 heteroatoms. The number of aryl methyl sites for hydroxylation is 1. The van der Waals surface area contributed by atoms with E-state index in [1.807, 2.05) is 16.8 Å². The number of rotatable bonds is 7. The van der Waals surface area contributed by atoms with E-state index in [0.29, 0.717) is 12.6 Å². The van der Waals surface area contributed by atoms with Crippen molar-refractivity contribution in [3.05, 3.63) is 51.6 Å². The number of aromatic amines is 1. The van der Waals surface area contributed by atoms with Gasteiger partial charge in [-0.05, 0) is 86.9 Å². The van der Waals surface area contributed by atoms with E-state index in [2.05, 4.69) is 60.3 Å². The zero-order valence-corrected chi connectivity index (χ0v) is 18.5. The third-order valence-corrected chi connectivity index (χ3v) is 6.78. The molecule has 0 saturated heterocycles. The van der Waals surface area contributed by atoms with Gasteiger partial charge < -0.3 is 9.88 Å². The lowest BCUT2D eigenvalue weighted by atomic mass is 10.0. The highest BCUT2D eigenvalue weighted by molar-refractivity contribution is 5.79. The van der Waals surface area contributed by atoms with Crippen LogP contribution >= 0.6 is 0 Å². The van der Waals surface area contributed by atoms with Crippen LogP contribution in [0.4, 0.5) is 0 Å². The summed E-state index contributed by atoms with van der Waals surface area (Å²) in [7, 11) is 0. The van der Waals surface area contributed by atoms with Gasteiger partial charge in [0.25, 0.3) is 5.56 Å². The van der Waals surface area contributed by atoms with Gasteiger partial charge in [-0.25, -0.2) is 4.68 Å². The van der Waals surface area contributed by atoms with E-state index in [-0.39, 0.29) is 11.1 Å². The lowest BCUT2D eigenvalue weighted by Gasteiger charge is -2.28. The number of hydrogen-bond donors (Lipinski definition) is 2. The highest BCUT2D eigenvalue weighted by atomic mass is 16.1. The summed E-state index contributed by atoms with van der Waals surface area (Å²) in [6.45, 7) is 9.98. The summed E-state index contributed by atoms with van der Waals surface area (Å²) in [6.07, 6.45) is 5.85. The molecule has 0 aliphatic heterocycles. The Labute approximate surface area is 177 Å². The Balaban J connectivity index is 1.66. The number of aromatic nitrogens is 5. The summed E-state index contributed by atoms with van der Waals surface area (Å²) in [5.74, 6) is 0.900. The molecule has 30 heavy (non-hydrogen) atoms. The van der Waals surface area contributed by atoms with Crippen LogP contribution in [0.2, 0.25) is 0 Å². The van der Waals surface area contributed by atoms with Gasteiger partial charge in [0.1, 0.15) is 13.1 Å². The van der Waals surface area contributed by atoms with E-state index in [1.54, 1.807) is 0 Å². The molecule has 0 radical (unpaired) electrons. The number of pyridine rings is 1. The molecule has 1 fully saturated rings. The van der Waals surface area contributed by atoms with Crippen LogP contribution in [-0.4, -0.2) is 31.2 Å². The zero-order chi connectivity index (χ0) is 21.3. The second kappa shape index (κ2) is 8.30. The minimum Gasteiger partial charge on any atom is -0.322 e. The van der Waals surface area contributed by atoms with Crippen molar-refractivity contribution in [3.63, 3.8) is 0 Å². The minimum absolute atomic E-state index is 0.00956. The number of H-pyrrole nitrogens is 1. The second-order valence-electron chi connectivity index (χ2n) is 9.38. The van der Waals surface area contributed by atoms with Gasteiger partial charge in [0.2, 0.25) is 5.82 Å². The Bertz CT molecular complexity index is 1080. The predicted molar refractivity (Wildman–Crippen MR) is 117 cm³/mol. The second-order valence-corrected chi connectivity index (χ2v) is 9.38. The fourth-order valence-electron chi connectivity index (χ4n) is 4.57. The maximum Gasteiger partial charge on any atom is 0.257 e. The number of tetrazole rings is 1. The molecule has 1 saturated carbocycles. The van der Waals surface area contributed by atoms with Crippen LogP contribution in [0.1, 0.15) is 69.8 Å². The number of hydrogen-bond acceptors (Lipinski definition) is 4. The highest BCUT2D eigenvalue weighted by Crippen LogP contribution is 2.20. The van der Waals surface area contributed by atoms with Gasteiger partial charge in [-0.15, -0.1) is 5.10 Å².